The van der Waals surface area contributed by atoms with Gasteiger partial charge in [-0.2, -0.15) is 0 Å². The number of thioether (sulfide) groups is 1. The molecule has 12 heteroatoms. The molecule has 5 N–H and O–H groups in total. The molecule has 254 valence electrons. The zero-order valence-corrected chi connectivity index (χ0v) is 28.7. The first-order valence-corrected chi connectivity index (χ1v) is 16.5. The fraction of sp³-hybridized carbons (Fsp3) is 0.457. The maximum absolute atomic E-state index is 14.0. The minimum atomic E-state index is -1.71. The third kappa shape index (κ3) is 9.92. The van der Waals surface area contributed by atoms with E-state index < -0.39 is 64.1 Å². The summed E-state index contributed by atoms with van der Waals surface area (Å²) in [6.45, 7) is 14.2. The van der Waals surface area contributed by atoms with Crippen molar-refractivity contribution in [1.82, 2.24) is 26.2 Å². The fourth-order valence-corrected chi connectivity index (χ4v) is 6.59. The third-order valence-electron chi connectivity index (χ3n) is 7.92. The van der Waals surface area contributed by atoms with Crippen LogP contribution in [0.4, 0.5) is 0 Å². The van der Waals surface area contributed by atoms with Crippen molar-refractivity contribution in [2.75, 3.05) is 12.4 Å². The van der Waals surface area contributed by atoms with Crippen LogP contribution in [0.1, 0.15) is 58.7 Å². The molecule has 2 aromatic carbocycles. The molecule has 5 amide bonds. The molecule has 1 aliphatic heterocycles. The second-order valence-corrected chi connectivity index (χ2v) is 14.8. The van der Waals surface area contributed by atoms with Gasteiger partial charge >= 0.3 is 0 Å². The van der Waals surface area contributed by atoms with Gasteiger partial charge in [0, 0.05) is 18.2 Å². The molecule has 0 bridgehead atoms. The average Bonchev–Trinajstić information content (AvgIpc) is 3.34. The second-order valence-electron chi connectivity index (χ2n) is 13.2. The number of hydrogen-bond acceptors (Lipinski definition) is 7. The zero-order valence-electron chi connectivity index (χ0n) is 27.9. The summed E-state index contributed by atoms with van der Waals surface area (Å²) in [6.07, 6.45) is -0.0704. The molecule has 5 atom stereocenters. The molecule has 1 heterocycles. The maximum atomic E-state index is 14.0. The van der Waals surface area contributed by atoms with Crippen molar-refractivity contribution >= 4 is 41.3 Å². The highest BCUT2D eigenvalue weighted by molar-refractivity contribution is 8.00. The summed E-state index contributed by atoms with van der Waals surface area (Å²) in [5.74, 6) is -2.53. The Labute approximate surface area is 281 Å². The van der Waals surface area contributed by atoms with Gasteiger partial charge in [-0.1, -0.05) is 87.5 Å². The number of nitrogens with zero attached hydrogens (tertiary/aromatic N) is 1. The Balaban J connectivity index is 1.91. The molecule has 0 aromatic heterocycles. The fourth-order valence-electron chi connectivity index (χ4n) is 5.45. The standard InChI is InChI=1S/C35H47N5O6S/c1-8-19-36-32(45)29-35(6,7)47-21-40(29)33(46)27(42)25(20-23-15-11-9-12-16-23)38-31(44)28(34(3,4)5)39-30(43)26(37-22(2)41)24-17-13-10-14-18-24/h8-18,25-29,42H,1,19-21H2,2-7H3,(H,36,45)(H,37,41)(H,38,44)(H,39,43)/t25-,26-,27-,28+,29?/m0/s1. The van der Waals surface area contributed by atoms with E-state index in [4.69, 9.17) is 0 Å². The quantitative estimate of drug-likeness (QED) is 0.206. The van der Waals surface area contributed by atoms with E-state index in [1.807, 2.05) is 44.2 Å². The lowest BCUT2D eigenvalue weighted by atomic mass is 9.85. The number of carbonyl (C=O) groups is 5. The third-order valence-corrected chi connectivity index (χ3v) is 9.29. The van der Waals surface area contributed by atoms with Gasteiger partial charge < -0.3 is 31.3 Å². The molecule has 0 aliphatic carbocycles. The molecule has 0 radical (unpaired) electrons. The van der Waals surface area contributed by atoms with Crippen molar-refractivity contribution in [3.63, 3.8) is 0 Å². The minimum Gasteiger partial charge on any atom is -0.381 e. The summed E-state index contributed by atoms with van der Waals surface area (Å²) in [4.78, 5) is 68.1. The number of benzene rings is 2. The van der Waals surface area contributed by atoms with Gasteiger partial charge in [0.2, 0.25) is 23.6 Å². The topological polar surface area (TPSA) is 157 Å². The van der Waals surface area contributed by atoms with Crippen molar-refractivity contribution in [3.8, 4) is 0 Å². The summed E-state index contributed by atoms with van der Waals surface area (Å²) < 4.78 is -0.635. The normalized spacial score (nSPS) is 18.2. The van der Waals surface area contributed by atoms with E-state index in [1.165, 1.54) is 23.6 Å². The van der Waals surface area contributed by atoms with Crippen molar-refractivity contribution in [2.45, 2.75) is 83.0 Å². The number of nitrogens with one attached hydrogen (secondary N) is 4. The second kappa shape index (κ2) is 16.1. The first-order valence-electron chi connectivity index (χ1n) is 15.5. The molecule has 1 fully saturated rings. The van der Waals surface area contributed by atoms with Crippen LogP contribution in [0.25, 0.3) is 0 Å². The Hall–Kier alpha value is -4.16. The molecule has 2 aromatic rings. The van der Waals surface area contributed by atoms with Crippen molar-refractivity contribution in [1.29, 1.82) is 0 Å². The van der Waals surface area contributed by atoms with E-state index in [2.05, 4.69) is 27.8 Å². The average molecular weight is 666 g/mol. The van der Waals surface area contributed by atoms with E-state index in [1.54, 1.807) is 57.2 Å². The van der Waals surface area contributed by atoms with E-state index in [9.17, 15) is 29.1 Å². The van der Waals surface area contributed by atoms with Gasteiger partial charge in [0.25, 0.3) is 5.91 Å². The molecule has 0 spiro atoms. The minimum absolute atomic E-state index is 0.0977. The molecule has 1 saturated heterocycles. The van der Waals surface area contributed by atoms with E-state index >= 15 is 0 Å². The predicted octanol–water partition coefficient (Wildman–Crippen LogP) is 2.47. The molecular weight excluding hydrogens is 618 g/mol. The van der Waals surface area contributed by atoms with Gasteiger partial charge in [-0.3, -0.25) is 24.0 Å². The number of carbonyl (C=O) groups excluding carboxylic acids is 5. The van der Waals surface area contributed by atoms with Crippen LogP contribution in [0.15, 0.2) is 73.3 Å². The van der Waals surface area contributed by atoms with Crippen molar-refractivity contribution in [3.05, 3.63) is 84.4 Å². The number of hydrogen-bond donors (Lipinski definition) is 5. The lowest BCUT2D eigenvalue weighted by Crippen LogP contribution is -2.62. The largest absolute Gasteiger partial charge is 0.381 e. The molecule has 3 rings (SSSR count). The molecule has 0 saturated carbocycles. The first kappa shape index (κ1) is 37.3. The maximum Gasteiger partial charge on any atom is 0.254 e. The van der Waals surface area contributed by atoms with E-state index in [0.717, 1.165) is 5.56 Å². The van der Waals surface area contributed by atoms with E-state index in [-0.39, 0.29) is 24.7 Å². The van der Waals surface area contributed by atoms with Gasteiger partial charge in [0.05, 0.1) is 11.9 Å². The number of aliphatic hydroxyl groups is 1. The molecule has 11 nitrogen and oxygen atoms in total. The Kier molecular flexibility index (Phi) is 12.8. The Bertz CT molecular complexity index is 1430. The summed E-state index contributed by atoms with van der Waals surface area (Å²) in [5.41, 5.74) is 0.481. The summed E-state index contributed by atoms with van der Waals surface area (Å²) in [6, 6.07) is 13.6. The van der Waals surface area contributed by atoms with Crippen molar-refractivity contribution < 1.29 is 29.1 Å². The SMILES string of the molecule is C=CCNC(=O)C1N(C(=O)[C@@H](O)[C@H](Cc2ccccc2)NC(=O)[C@@H](NC(=O)[C@@H](NC(C)=O)c2ccccc2)C(C)(C)C)CSC1(C)C. The Morgan fingerprint density at radius 1 is 0.979 bits per heavy atom. The number of amides is 5. The predicted molar refractivity (Wildman–Crippen MR) is 183 cm³/mol. The summed E-state index contributed by atoms with van der Waals surface area (Å²) in [5, 5.41) is 22.6. The number of aliphatic hydroxyl groups excluding tert-OH is 1. The molecule has 1 aliphatic rings. The smallest absolute Gasteiger partial charge is 0.254 e. The van der Waals surface area contributed by atoms with Gasteiger partial charge in [0.15, 0.2) is 6.10 Å². The van der Waals surface area contributed by atoms with Gasteiger partial charge in [-0.05, 0) is 36.8 Å². The molecule has 47 heavy (non-hydrogen) atoms. The van der Waals surface area contributed by atoms with E-state index in [0.29, 0.717) is 5.56 Å². The lowest BCUT2D eigenvalue weighted by molar-refractivity contribution is -0.148. The van der Waals surface area contributed by atoms with Crippen LogP contribution in [0.3, 0.4) is 0 Å². The van der Waals surface area contributed by atoms with Gasteiger partial charge in [-0.25, -0.2) is 0 Å². The highest BCUT2D eigenvalue weighted by Gasteiger charge is 2.50. The Morgan fingerprint density at radius 2 is 1.57 bits per heavy atom. The lowest BCUT2D eigenvalue weighted by Gasteiger charge is -2.35. The number of rotatable bonds is 13. The summed E-state index contributed by atoms with van der Waals surface area (Å²) >= 11 is 1.42. The molecule has 1 unspecified atom stereocenters. The Morgan fingerprint density at radius 3 is 2.13 bits per heavy atom. The highest BCUT2D eigenvalue weighted by Crippen LogP contribution is 2.40. The van der Waals surface area contributed by atoms with Crippen molar-refractivity contribution in [2.24, 2.45) is 5.41 Å². The monoisotopic (exact) mass is 665 g/mol. The zero-order chi connectivity index (χ0) is 34.9. The van der Waals surface area contributed by atoms with Crippen LogP contribution < -0.4 is 21.3 Å². The van der Waals surface area contributed by atoms with Crippen LogP contribution in [-0.2, 0) is 30.4 Å². The van der Waals surface area contributed by atoms with Crippen LogP contribution in [0, 0.1) is 5.41 Å². The van der Waals surface area contributed by atoms with Crippen LogP contribution in [-0.4, -0.2) is 80.9 Å². The summed E-state index contributed by atoms with van der Waals surface area (Å²) in [7, 11) is 0. The van der Waals surface area contributed by atoms with Gasteiger partial charge in [0.1, 0.15) is 18.1 Å². The van der Waals surface area contributed by atoms with Crippen LogP contribution in [0.2, 0.25) is 0 Å². The van der Waals surface area contributed by atoms with Crippen LogP contribution >= 0.6 is 11.8 Å². The first-order chi connectivity index (χ1) is 22.1. The highest BCUT2D eigenvalue weighted by atomic mass is 32.2. The molecular formula is C35H47N5O6S. The van der Waals surface area contributed by atoms with Gasteiger partial charge in [-0.15, -0.1) is 18.3 Å². The van der Waals surface area contributed by atoms with Crippen LogP contribution in [0.5, 0.6) is 0 Å².